The van der Waals surface area contributed by atoms with Crippen LogP contribution in [0.4, 0.5) is 4.79 Å². The van der Waals surface area contributed by atoms with Crippen LogP contribution in [0.1, 0.15) is 32.6 Å². The molecule has 0 spiro atoms. The van der Waals surface area contributed by atoms with E-state index in [1.54, 1.807) is 14.1 Å². The summed E-state index contributed by atoms with van der Waals surface area (Å²) in [6, 6.07) is 0. The largest absolute Gasteiger partial charge is 0.448 e. The second kappa shape index (κ2) is 18.4. The molecule has 0 aromatic heterocycles. The summed E-state index contributed by atoms with van der Waals surface area (Å²) in [5.74, 6) is 2.51. The fourth-order valence-electron chi connectivity index (χ4n) is 1.73. The number of aliphatic imine (C=N–C) groups is 1. The van der Waals surface area contributed by atoms with Crippen LogP contribution in [0, 0.1) is 5.41 Å². The fourth-order valence-corrected chi connectivity index (χ4v) is 4.09. The van der Waals surface area contributed by atoms with E-state index in [1.807, 2.05) is 28.5 Å². The van der Waals surface area contributed by atoms with Gasteiger partial charge in [0.05, 0.1) is 0 Å². The summed E-state index contributed by atoms with van der Waals surface area (Å²) in [5, 5.41) is 15.5. The van der Waals surface area contributed by atoms with Gasteiger partial charge in [-0.15, -0.1) is 0 Å². The van der Waals surface area contributed by atoms with Gasteiger partial charge in [-0.3, -0.25) is 15.5 Å². The molecule has 0 bridgehead atoms. The van der Waals surface area contributed by atoms with Crippen molar-refractivity contribution in [3.05, 3.63) is 0 Å². The average Bonchev–Trinajstić information content (AvgIpc) is 3.25. The van der Waals surface area contributed by atoms with Gasteiger partial charge in [0.15, 0.2) is 0 Å². The third kappa shape index (κ3) is 18.1. The number of unbranched alkanes of at least 4 members (excludes halogenated alkanes) is 1. The minimum Gasteiger partial charge on any atom is -0.448 e. The van der Waals surface area contributed by atoms with Gasteiger partial charge in [-0.05, 0) is 12.8 Å². The summed E-state index contributed by atoms with van der Waals surface area (Å²) >= 11 is 0. The van der Waals surface area contributed by atoms with Crippen LogP contribution in [0.2, 0.25) is 0 Å². The van der Waals surface area contributed by atoms with Gasteiger partial charge in [-0.25, -0.2) is 4.79 Å². The molecular weight excluding hydrogens is 414 g/mol. The number of alkyl carbamates (subject to hydrolysis) is 1. The number of hydrogen-bond acceptors (Lipinski definition) is 7. The van der Waals surface area contributed by atoms with Crippen LogP contribution >= 0.6 is 21.6 Å². The zero-order chi connectivity index (χ0) is 21.9. The summed E-state index contributed by atoms with van der Waals surface area (Å²) < 4.78 is 4.89. The van der Waals surface area contributed by atoms with E-state index >= 15 is 0 Å². The standard InChI is InChI=1S/C14H29N7O3.C3H6S2/c1-4-5-6-11(22)18-8-7-17-9-10-24-14(23)20-12(15)19-13(16)21(2)3;1-2-4-5-3-1/h17H,4-10H2,1-3H3,(H,18,22)(H4,15,16,19,20,23);1-3H2. The second-order valence-corrected chi connectivity index (χ2v) is 8.88. The Hall–Kier alpha value is -1.66. The van der Waals surface area contributed by atoms with E-state index < -0.39 is 6.09 Å². The number of nitrogens with zero attached hydrogens (tertiary/aromatic N) is 2. The quantitative estimate of drug-likeness (QED) is 0.153. The van der Waals surface area contributed by atoms with Crippen molar-refractivity contribution in [3.8, 4) is 0 Å². The Morgan fingerprint density at radius 3 is 2.45 bits per heavy atom. The van der Waals surface area contributed by atoms with Gasteiger partial charge in [-0.1, -0.05) is 34.9 Å². The SMILES string of the molecule is C1CSSC1.CCCCC(=O)NCCNCCOC(=O)N/C(N)=N/C(=N)N(C)C. The highest BCUT2D eigenvalue weighted by Crippen LogP contribution is 2.29. The molecule has 1 aliphatic rings. The molecular formula is C17H35N7O3S2. The number of nitrogens with two attached hydrogens (primary N) is 1. The van der Waals surface area contributed by atoms with E-state index in [9.17, 15) is 9.59 Å². The topological polar surface area (TPSA) is 145 Å². The number of guanidine groups is 2. The van der Waals surface area contributed by atoms with Crippen molar-refractivity contribution >= 4 is 45.5 Å². The van der Waals surface area contributed by atoms with E-state index in [2.05, 4.69) is 20.9 Å². The van der Waals surface area contributed by atoms with Crippen LogP contribution in [0.15, 0.2) is 4.99 Å². The Bertz CT molecular complexity index is 508. The van der Waals surface area contributed by atoms with Crippen molar-refractivity contribution in [3.63, 3.8) is 0 Å². The molecule has 168 valence electrons. The number of amides is 2. The number of rotatable bonds is 9. The lowest BCUT2D eigenvalue weighted by atomic mass is 10.2. The molecule has 1 heterocycles. The van der Waals surface area contributed by atoms with E-state index in [-0.39, 0.29) is 24.4 Å². The van der Waals surface area contributed by atoms with Crippen molar-refractivity contribution in [2.75, 3.05) is 51.8 Å². The van der Waals surface area contributed by atoms with Gasteiger partial charge < -0.3 is 26.0 Å². The molecule has 0 unspecified atom stereocenters. The van der Waals surface area contributed by atoms with E-state index in [1.165, 1.54) is 22.8 Å². The Labute approximate surface area is 181 Å². The first kappa shape index (κ1) is 27.3. The highest BCUT2D eigenvalue weighted by atomic mass is 33.1. The van der Waals surface area contributed by atoms with E-state index in [0.717, 1.165) is 12.8 Å². The second-order valence-electron chi connectivity index (χ2n) is 6.18. The summed E-state index contributed by atoms with van der Waals surface area (Å²) in [6.07, 6.45) is 3.13. The molecule has 29 heavy (non-hydrogen) atoms. The van der Waals surface area contributed by atoms with Crippen LogP contribution < -0.4 is 21.7 Å². The van der Waals surface area contributed by atoms with Gasteiger partial charge >= 0.3 is 6.09 Å². The molecule has 1 aliphatic heterocycles. The molecule has 0 saturated carbocycles. The smallest absolute Gasteiger partial charge is 0.414 e. The third-order valence-electron chi connectivity index (χ3n) is 3.31. The number of carbonyl (C=O) groups excluding carboxylic acids is 2. The number of ether oxygens (including phenoxy) is 1. The Morgan fingerprint density at radius 2 is 1.90 bits per heavy atom. The summed E-state index contributed by atoms with van der Waals surface area (Å²) in [5.41, 5.74) is 5.46. The molecule has 1 saturated heterocycles. The van der Waals surface area contributed by atoms with Crippen molar-refractivity contribution in [2.24, 2.45) is 10.7 Å². The van der Waals surface area contributed by atoms with Crippen LogP contribution in [0.25, 0.3) is 0 Å². The van der Waals surface area contributed by atoms with Crippen LogP contribution in [-0.2, 0) is 9.53 Å². The normalized spacial score (nSPS) is 13.1. The number of nitrogens with one attached hydrogen (secondary N) is 4. The maximum absolute atomic E-state index is 11.4. The molecule has 0 aromatic rings. The monoisotopic (exact) mass is 449 g/mol. The fraction of sp³-hybridized carbons (Fsp3) is 0.765. The predicted octanol–water partition coefficient (Wildman–Crippen LogP) is 1.19. The van der Waals surface area contributed by atoms with Gasteiger partial charge in [0.1, 0.15) is 6.61 Å². The van der Waals surface area contributed by atoms with Gasteiger partial charge in [0.25, 0.3) is 0 Å². The Morgan fingerprint density at radius 1 is 1.21 bits per heavy atom. The lowest BCUT2D eigenvalue weighted by Crippen LogP contribution is -2.40. The lowest BCUT2D eigenvalue weighted by Gasteiger charge is -2.10. The van der Waals surface area contributed by atoms with Crippen molar-refractivity contribution < 1.29 is 14.3 Å². The van der Waals surface area contributed by atoms with Crippen LogP contribution in [0.5, 0.6) is 0 Å². The molecule has 0 atom stereocenters. The summed E-state index contributed by atoms with van der Waals surface area (Å²) in [4.78, 5) is 27.9. The molecule has 6 N–H and O–H groups in total. The van der Waals surface area contributed by atoms with Crippen molar-refractivity contribution in [1.82, 2.24) is 20.9 Å². The molecule has 12 heteroatoms. The summed E-state index contributed by atoms with van der Waals surface area (Å²) in [7, 11) is 7.25. The first-order valence-electron chi connectivity index (χ1n) is 9.62. The highest BCUT2D eigenvalue weighted by molar-refractivity contribution is 8.77. The predicted molar refractivity (Wildman–Crippen MR) is 122 cm³/mol. The highest BCUT2D eigenvalue weighted by Gasteiger charge is 2.05. The number of carbonyl (C=O) groups is 2. The Balaban J connectivity index is 0.00000135. The van der Waals surface area contributed by atoms with Gasteiger partial charge in [0, 0.05) is 51.7 Å². The summed E-state index contributed by atoms with van der Waals surface area (Å²) in [6.45, 7) is 3.75. The van der Waals surface area contributed by atoms with Crippen molar-refractivity contribution in [2.45, 2.75) is 32.6 Å². The zero-order valence-electron chi connectivity index (χ0n) is 17.6. The van der Waals surface area contributed by atoms with Crippen LogP contribution in [-0.4, -0.2) is 80.7 Å². The zero-order valence-corrected chi connectivity index (χ0v) is 19.2. The first-order valence-corrected chi connectivity index (χ1v) is 12.1. The molecule has 0 aromatic carbocycles. The number of hydrogen-bond donors (Lipinski definition) is 5. The molecule has 2 amide bonds. The van der Waals surface area contributed by atoms with Gasteiger partial charge in [-0.2, -0.15) is 4.99 Å². The Kier molecular flexibility index (Phi) is 17.3. The maximum Gasteiger partial charge on any atom is 0.414 e. The molecule has 0 aliphatic carbocycles. The van der Waals surface area contributed by atoms with Crippen molar-refractivity contribution in [1.29, 1.82) is 5.41 Å². The lowest BCUT2D eigenvalue weighted by molar-refractivity contribution is -0.121. The van der Waals surface area contributed by atoms with Gasteiger partial charge in [0.2, 0.25) is 17.8 Å². The molecule has 0 radical (unpaired) electrons. The third-order valence-corrected chi connectivity index (χ3v) is 5.89. The average molecular weight is 450 g/mol. The van der Waals surface area contributed by atoms with Crippen LogP contribution in [0.3, 0.4) is 0 Å². The molecule has 10 nitrogen and oxygen atoms in total. The van der Waals surface area contributed by atoms with E-state index in [0.29, 0.717) is 26.1 Å². The van der Waals surface area contributed by atoms with E-state index in [4.69, 9.17) is 15.9 Å². The molecule has 1 fully saturated rings. The molecule has 1 rings (SSSR count). The minimum absolute atomic E-state index is 0.0485. The maximum atomic E-state index is 11.4. The first-order chi connectivity index (χ1) is 13.9. The minimum atomic E-state index is -0.738.